The fourth-order valence-electron chi connectivity index (χ4n) is 9.60. The second kappa shape index (κ2) is 47.3. The Kier molecular flexibility index (Phi) is 46.4. The number of carboxylic acid groups (broad SMARTS) is 1. The molecule has 0 amide bonds. The van der Waals surface area contributed by atoms with Crippen molar-refractivity contribution in [2.24, 2.45) is 5.92 Å². The molecule has 0 bridgehead atoms. The van der Waals surface area contributed by atoms with Crippen LogP contribution in [0.15, 0.2) is 0 Å². The van der Waals surface area contributed by atoms with Crippen LogP contribution in [0.5, 0.6) is 0 Å². The van der Waals surface area contributed by atoms with E-state index < -0.39 is 12.0 Å². The number of carbonyl (C=O) groups excluding carboxylic acids is 1. The van der Waals surface area contributed by atoms with Gasteiger partial charge in [0.25, 0.3) is 0 Å². The van der Waals surface area contributed by atoms with Crippen LogP contribution in [0.25, 0.3) is 0 Å². The summed E-state index contributed by atoms with van der Waals surface area (Å²) in [5, 5.41) is 10.7. The minimum atomic E-state index is -0.731. The highest BCUT2D eigenvalue weighted by molar-refractivity contribution is 5.74. The summed E-state index contributed by atoms with van der Waals surface area (Å²) in [5.41, 5.74) is 0. The molecule has 0 aromatic carbocycles. The lowest BCUT2D eigenvalue weighted by molar-refractivity contribution is -0.151. The monoisotopic (exact) mass is 892 g/mol. The van der Waals surface area contributed by atoms with Crippen molar-refractivity contribution in [2.75, 3.05) is 52.4 Å². The molecule has 0 fully saturated rings. The van der Waals surface area contributed by atoms with Crippen molar-refractivity contribution in [3.63, 3.8) is 0 Å². The van der Waals surface area contributed by atoms with Crippen molar-refractivity contribution >= 4 is 11.9 Å². The predicted molar refractivity (Wildman–Crippen MR) is 275 cm³/mol. The van der Waals surface area contributed by atoms with Crippen molar-refractivity contribution in [3.05, 3.63) is 0 Å². The van der Waals surface area contributed by atoms with E-state index in [4.69, 9.17) is 4.74 Å². The summed E-state index contributed by atoms with van der Waals surface area (Å²) in [4.78, 5) is 34.0. The highest BCUT2D eigenvalue weighted by Gasteiger charge is 2.32. The number of ether oxygens (including phenoxy) is 1. The first kappa shape index (κ1) is 61.8. The highest BCUT2D eigenvalue weighted by Crippen LogP contribution is 2.22. The van der Waals surface area contributed by atoms with Gasteiger partial charge in [-0.1, -0.05) is 234 Å². The molecule has 0 aliphatic rings. The number of hydrogen-bond acceptors (Lipinski definition) is 6. The Hall–Kier alpha value is -1.18. The zero-order valence-electron chi connectivity index (χ0n) is 43.9. The third-order valence-corrected chi connectivity index (χ3v) is 13.6. The van der Waals surface area contributed by atoms with Gasteiger partial charge in [-0.05, 0) is 84.1 Å². The fraction of sp³-hybridized carbons (Fsp3) is 0.964. The van der Waals surface area contributed by atoms with Crippen LogP contribution in [0.2, 0.25) is 0 Å². The quantitative estimate of drug-likeness (QED) is 0.0482. The lowest BCUT2D eigenvalue weighted by Gasteiger charge is -2.34. The third kappa shape index (κ3) is 39.7. The Balaban J connectivity index is 5.59. The van der Waals surface area contributed by atoms with Crippen LogP contribution in [0.4, 0.5) is 0 Å². The summed E-state index contributed by atoms with van der Waals surface area (Å²) in [6, 6.07) is -0.557. The highest BCUT2D eigenvalue weighted by atomic mass is 16.5. The summed E-state index contributed by atoms with van der Waals surface area (Å²) in [6.45, 7) is 22.6. The number of esters is 1. The summed E-state index contributed by atoms with van der Waals surface area (Å²) in [6.07, 6.45) is 44.9. The van der Waals surface area contributed by atoms with Gasteiger partial charge in [-0.2, -0.15) is 0 Å². The van der Waals surface area contributed by atoms with Gasteiger partial charge in [0.05, 0.1) is 12.6 Å². The van der Waals surface area contributed by atoms with E-state index in [1.54, 1.807) is 0 Å². The van der Waals surface area contributed by atoms with Gasteiger partial charge in [-0.15, -0.1) is 0 Å². The van der Waals surface area contributed by atoms with Gasteiger partial charge in [0, 0.05) is 13.1 Å². The number of nitrogens with zero attached hydrogens (tertiary/aromatic N) is 3. The molecule has 7 heteroatoms. The normalized spacial score (nSPS) is 13.4. The Morgan fingerprint density at radius 2 is 0.683 bits per heavy atom. The average molecular weight is 893 g/mol. The summed E-state index contributed by atoms with van der Waals surface area (Å²) < 4.78 is 6.16. The number of carbonyl (C=O) groups is 2. The maximum absolute atomic E-state index is 13.7. The van der Waals surface area contributed by atoms with Crippen molar-refractivity contribution in [1.29, 1.82) is 0 Å². The molecule has 0 aromatic heterocycles. The average Bonchev–Trinajstić information content (AvgIpc) is 3.25. The minimum Gasteiger partial charge on any atom is -0.480 e. The van der Waals surface area contributed by atoms with E-state index in [0.29, 0.717) is 13.0 Å². The molecule has 0 aliphatic carbocycles. The number of unbranched alkanes of at least 4 members (excludes halogenated alkanes) is 30. The van der Waals surface area contributed by atoms with Gasteiger partial charge in [-0.25, -0.2) is 0 Å². The minimum absolute atomic E-state index is 0.116. The molecular weight excluding hydrogens is 779 g/mol. The van der Waals surface area contributed by atoms with Gasteiger partial charge in [0.2, 0.25) is 0 Å². The number of aliphatic carboxylic acids is 1. The molecule has 63 heavy (non-hydrogen) atoms. The van der Waals surface area contributed by atoms with E-state index in [2.05, 4.69) is 56.2 Å². The fourth-order valence-corrected chi connectivity index (χ4v) is 9.60. The molecule has 0 saturated carbocycles. The van der Waals surface area contributed by atoms with E-state index >= 15 is 0 Å². The molecular formula is C56H113N3O4. The molecule has 376 valence electrons. The van der Waals surface area contributed by atoms with E-state index in [1.165, 1.54) is 193 Å². The lowest BCUT2D eigenvalue weighted by Crippen LogP contribution is -2.47. The molecule has 0 rings (SSSR count). The van der Waals surface area contributed by atoms with Crippen molar-refractivity contribution in [2.45, 2.75) is 292 Å². The first-order chi connectivity index (χ1) is 30.7. The molecule has 3 unspecified atom stereocenters. The zero-order valence-corrected chi connectivity index (χ0v) is 43.9. The Labute approximate surface area is 394 Å². The van der Waals surface area contributed by atoms with E-state index in [0.717, 1.165) is 77.9 Å². The largest absolute Gasteiger partial charge is 0.480 e. The molecule has 1 N–H and O–H groups in total. The van der Waals surface area contributed by atoms with Crippen LogP contribution in [0.3, 0.4) is 0 Å². The Morgan fingerprint density at radius 1 is 0.397 bits per heavy atom. The molecule has 0 aliphatic heterocycles. The van der Waals surface area contributed by atoms with Crippen molar-refractivity contribution in [1.82, 2.24) is 14.7 Å². The molecule has 7 nitrogen and oxygen atoms in total. The van der Waals surface area contributed by atoms with Crippen molar-refractivity contribution < 1.29 is 19.4 Å². The standard InChI is InChI=1S/C56H113N3O4/c1-8-13-18-23-28-33-38-43-57(44-39-34-29-24-19-14-9-2)48-49-58(45-40-35-30-25-20-15-10-3)51-54(60)63-53(7)50-52(6)55(56(61)62)59(46-41-36-31-26-21-16-11-4)47-42-37-32-27-22-17-12-5/h52-53,55H,8-51H2,1-7H3,(H,61,62). The van der Waals surface area contributed by atoms with Crippen LogP contribution in [-0.4, -0.2) is 96.2 Å². The van der Waals surface area contributed by atoms with Gasteiger partial charge in [-0.3, -0.25) is 19.4 Å². The van der Waals surface area contributed by atoms with Crippen LogP contribution >= 0.6 is 0 Å². The molecule has 3 atom stereocenters. The van der Waals surface area contributed by atoms with Crippen LogP contribution < -0.4 is 0 Å². The second-order valence-electron chi connectivity index (χ2n) is 20.1. The number of hydrogen-bond donors (Lipinski definition) is 1. The second-order valence-corrected chi connectivity index (χ2v) is 20.1. The van der Waals surface area contributed by atoms with E-state index in [1.807, 2.05) is 6.92 Å². The summed E-state index contributed by atoms with van der Waals surface area (Å²) >= 11 is 0. The Bertz CT molecular complexity index is 929. The van der Waals surface area contributed by atoms with E-state index in [-0.39, 0.29) is 18.0 Å². The molecule has 0 saturated heterocycles. The molecule has 0 aromatic rings. The predicted octanol–water partition coefficient (Wildman–Crippen LogP) is 16.1. The molecule has 0 heterocycles. The Morgan fingerprint density at radius 3 is 1.02 bits per heavy atom. The summed E-state index contributed by atoms with van der Waals surface area (Å²) in [7, 11) is 0. The maximum Gasteiger partial charge on any atom is 0.321 e. The first-order valence-electron chi connectivity index (χ1n) is 28.3. The van der Waals surface area contributed by atoms with Crippen LogP contribution in [0.1, 0.15) is 280 Å². The van der Waals surface area contributed by atoms with Gasteiger partial charge < -0.3 is 14.7 Å². The van der Waals surface area contributed by atoms with Gasteiger partial charge in [0.1, 0.15) is 6.04 Å². The summed E-state index contributed by atoms with van der Waals surface area (Å²) in [5.74, 6) is -1.00. The topological polar surface area (TPSA) is 73.3 Å². The first-order valence-corrected chi connectivity index (χ1v) is 28.3. The van der Waals surface area contributed by atoms with Crippen molar-refractivity contribution in [3.8, 4) is 0 Å². The van der Waals surface area contributed by atoms with E-state index in [9.17, 15) is 14.7 Å². The van der Waals surface area contributed by atoms with Gasteiger partial charge >= 0.3 is 11.9 Å². The van der Waals surface area contributed by atoms with Gasteiger partial charge in [0.15, 0.2) is 0 Å². The zero-order chi connectivity index (χ0) is 46.4. The number of carboxylic acids is 1. The molecule has 0 radical (unpaired) electrons. The number of rotatable bonds is 51. The van der Waals surface area contributed by atoms with Crippen LogP contribution in [0, 0.1) is 5.92 Å². The maximum atomic E-state index is 13.7. The molecule has 0 spiro atoms. The SMILES string of the molecule is CCCCCCCCCN(CCCCCCCCC)CCN(CCCCCCCCC)CC(=O)OC(C)CC(C)C(C(=O)O)N(CCCCCCCCC)CCCCCCCCC. The van der Waals surface area contributed by atoms with Crippen LogP contribution in [-0.2, 0) is 14.3 Å². The third-order valence-electron chi connectivity index (χ3n) is 13.6. The lowest BCUT2D eigenvalue weighted by atomic mass is 9.93. The smallest absolute Gasteiger partial charge is 0.321 e.